The number of carboxylic acid groups (broad SMARTS) is 1. The second-order valence-electron chi connectivity index (χ2n) is 6.47. The monoisotopic (exact) mass is 370 g/mol. The summed E-state index contributed by atoms with van der Waals surface area (Å²) in [5.74, 6) is -1.01. The molecule has 0 aliphatic carbocycles. The number of nitrogens with one attached hydrogen (secondary N) is 1. The number of carbonyl (C=O) groups excluding carboxylic acids is 1. The fourth-order valence-corrected chi connectivity index (χ4v) is 3.02. The second kappa shape index (κ2) is 8.64. The SMILES string of the molecule is Cc1ccccc1C(CC(=O)O)NC(=O)c1ccnc(OC2CCOC2)c1. The largest absolute Gasteiger partial charge is 0.481 e. The molecule has 7 nitrogen and oxygen atoms in total. The zero-order chi connectivity index (χ0) is 19.2. The third kappa shape index (κ3) is 5.04. The molecular weight excluding hydrogens is 348 g/mol. The molecule has 0 saturated carbocycles. The smallest absolute Gasteiger partial charge is 0.305 e. The molecular formula is C20H22N2O5. The van der Waals surface area contributed by atoms with Gasteiger partial charge in [-0.25, -0.2) is 4.98 Å². The Morgan fingerprint density at radius 1 is 1.37 bits per heavy atom. The van der Waals surface area contributed by atoms with Gasteiger partial charge < -0.3 is 19.9 Å². The Kier molecular flexibility index (Phi) is 6.03. The zero-order valence-electron chi connectivity index (χ0n) is 15.1. The molecule has 7 heteroatoms. The normalized spacial score (nSPS) is 17.3. The minimum Gasteiger partial charge on any atom is -0.481 e. The van der Waals surface area contributed by atoms with E-state index in [1.807, 2.05) is 31.2 Å². The summed E-state index contributed by atoms with van der Waals surface area (Å²) in [6, 6.07) is 9.91. The van der Waals surface area contributed by atoms with Crippen molar-refractivity contribution in [3.05, 3.63) is 59.3 Å². The first-order valence-corrected chi connectivity index (χ1v) is 8.81. The van der Waals surface area contributed by atoms with Crippen LogP contribution in [0.2, 0.25) is 0 Å². The third-order valence-electron chi connectivity index (χ3n) is 4.42. The highest BCUT2D eigenvalue weighted by Gasteiger charge is 2.22. The Balaban J connectivity index is 1.75. The number of rotatable bonds is 7. The summed E-state index contributed by atoms with van der Waals surface area (Å²) in [4.78, 5) is 28.1. The fraction of sp³-hybridized carbons (Fsp3) is 0.350. The van der Waals surface area contributed by atoms with Gasteiger partial charge >= 0.3 is 5.97 Å². The predicted octanol–water partition coefficient (Wildman–Crippen LogP) is 2.50. The van der Waals surface area contributed by atoms with Crippen LogP contribution in [0.5, 0.6) is 5.88 Å². The summed E-state index contributed by atoms with van der Waals surface area (Å²) in [6.45, 7) is 3.04. The number of carboxylic acids is 1. The first-order chi connectivity index (χ1) is 13.0. The van der Waals surface area contributed by atoms with Gasteiger partial charge in [-0.1, -0.05) is 24.3 Å². The first-order valence-electron chi connectivity index (χ1n) is 8.81. The van der Waals surface area contributed by atoms with E-state index in [1.54, 1.807) is 12.1 Å². The molecule has 0 bridgehead atoms. The highest BCUT2D eigenvalue weighted by Crippen LogP contribution is 2.22. The van der Waals surface area contributed by atoms with E-state index in [2.05, 4.69) is 10.3 Å². The standard InChI is InChI=1S/C20H22N2O5/c1-13-4-2-3-5-16(13)17(11-19(23)24)22-20(25)14-6-8-21-18(10-14)27-15-7-9-26-12-15/h2-6,8,10,15,17H,7,9,11-12H2,1H3,(H,22,25)(H,23,24). The topological polar surface area (TPSA) is 97.8 Å². The molecule has 1 aliphatic heterocycles. The maximum atomic E-state index is 12.7. The first kappa shape index (κ1) is 18.8. The zero-order valence-corrected chi connectivity index (χ0v) is 15.1. The van der Waals surface area contributed by atoms with Crippen LogP contribution in [0.15, 0.2) is 42.6 Å². The van der Waals surface area contributed by atoms with E-state index >= 15 is 0 Å². The number of hydrogen-bond donors (Lipinski definition) is 2. The van der Waals surface area contributed by atoms with Crippen molar-refractivity contribution in [2.45, 2.75) is 31.9 Å². The lowest BCUT2D eigenvalue weighted by Crippen LogP contribution is -2.30. The van der Waals surface area contributed by atoms with Crippen LogP contribution in [0, 0.1) is 6.92 Å². The average molecular weight is 370 g/mol. The number of benzene rings is 1. The Bertz CT molecular complexity index is 818. The van der Waals surface area contributed by atoms with Gasteiger partial charge in [0.25, 0.3) is 5.91 Å². The molecule has 1 aromatic heterocycles. The predicted molar refractivity (Wildman–Crippen MR) is 97.7 cm³/mol. The number of aromatic nitrogens is 1. The number of pyridine rings is 1. The van der Waals surface area contributed by atoms with Crippen LogP contribution in [0.3, 0.4) is 0 Å². The average Bonchev–Trinajstić information content (AvgIpc) is 3.14. The molecule has 1 aromatic carbocycles. The Morgan fingerprint density at radius 2 is 2.19 bits per heavy atom. The van der Waals surface area contributed by atoms with Crippen molar-refractivity contribution in [1.29, 1.82) is 0 Å². The van der Waals surface area contributed by atoms with Gasteiger partial charge in [0.05, 0.1) is 25.7 Å². The molecule has 1 saturated heterocycles. The number of hydrogen-bond acceptors (Lipinski definition) is 5. The molecule has 0 spiro atoms. The highest BCUT2D eigenvalue weighted by molar-refractivity contribution is 5.94. The van der Waals surface area contributed by atoms with E-state index in [-0.39, 0.29) is 18.4 Å². The molecule has 1 fully saturated rings. The Morgan fingerprint density at radius 3 is 2.89 bits per heavy atom. The van der Waals surface area contributed by atoms with E-state index in [4.69, 9.17) is 9.47 Å². The number of aliphatic carboxylic acids is 1. The summed E-state index contributed by atoms with van der Waals surface area (Å²) in [7, 11) is 0. The summed E-state index contributed by atoms with van der Waals surface area (Å²) in [5.41, 5.74) is 2.06. The molecule has 2 heterocycles. The van der Waals surface area contributed by atoms with Gasteiger partial charge in [0.15, 0.2) is 0 Å². The molecule has 2 aromatic rings. The van der Waals surface area contributed by atoms with Crippen molar-refractivity contribution < 1.29 is 24.2 Å². The van der Waals surface area contributed by atoms with Crippen LogP contribution in [0.25, 0.3) is 0 Å². The maximum Gasteiger partial charge on any atom is 0.305 e. The van der Waals surface area contributed by atoms with E-state index in [0.717, 1.165) is 17.5 Å². The van der Waals surface area contributed by atoms with Crippen molar-refractivity contribution in [3.63, 3.8) is 0 Å². The van der Waals surface area contributed by atoms with Gasteiger partial charge in [0.1, 0.15) is 6.10 Å². The van der Waals surface area contributed by atoms with Crippen molar-refractivity contribution in [1.82, 2.24) is 10.3 Å². The molecule has 1 amide bonds. The molecule has 142 valence electrons. The van der Waals surface area contributed by atoms with Crippen LogP contribution in [0.4, 0.5) is 0 Å². The Hall–Kier alpha value is -2.93. The van der Waals surface area contributed by atoms with Gasteiger partial charge in [-0.15, -0.1) is 0 Å². The van der Waals surface area contributed by atoms with E-state index in [0.29, 0.717) is 24.7 Å². The van der Waals surface area contributed by atoms with E-state index < -0.39 is 12.0 Å². The lowest BCUT2D eigenvalue weighted by Gasteiger charge is -2.19. The second-order valence-corrected chi connectivity index (χ2v) is 6.47. The van der Waals surface area contributed by atoms with Gasteiger partial charge in [-0.2, -0.15) is 0 Å². The van der Waals surface area contributed by atoms with Crippen molar-refractivity contribution in [2.24, 2.45) is 0 Å². The van der Waals surface area contributed by atoms with Crippen molar-refractivity contribution in [2.75, 3.05) is 13.2 Å². The van der Waals surface area contributed by atoms with Crippen LogP contribution < -0.4 is 10.1 Å². The van der Waals surface area contributed by atoms with Crippen LogP contribution in [0.1, 0.15) is 40.4 Å². The summed E-state index contributed by atoms with van der Waals surface area (Å²) >= 11 is 0. The molecule has 1 aliphatic rings. The molecule has 27 heavy (non-hydrogen) atoms. The number of ether oxygens (including phenoxy) is 2. The number of carbonyl (C=O) groups is 2. The molecule has 0 radical (unpaired) electrons. The molecule has 3 rings (SSSR count). The summed E-state index contributed by atoms with van der Waals surface area (Å²) in [5, 5.41) is 12.0. The summed E-state index contributed by atoms with van der Waals surface area (Å²) in [6.07, 6.45) is 2.01. The van der Waals surface area contributed by atoms with Crippen LogP contribution in [-0.2, 0) is 9.53 Å². The van der Waals surface area contributed by atoms with E-state index in [9.17, 15) is 14.7 Å². The molecule has 2 N–H and O–H groups in total. The number of aryl methyl sites for hydroxylation is 1. The quantitative estimate of drug-likeness (QED) is 0.777. The lowest BCUT2D eigenvalue weighted by molar-refractivity contribution is -0.137. The minimum absolute atomic E-state index is 0.0671. The van der Waals surface area contributed by atoms with Gasteiger partial charge in [-0.3, -0.25) is 9.59 Å². The number of nitrogens with zero attached hydrogens (tertiary/aromatic N) is 1. The third-order valence-corrected chi connectivity index (χ3v) is 4.42. The van der Waals surface area contributed by atoms with Crippen molar-refractivity contribution in [3.8, 4) is 5.88 Å². The highest BCUT2D eigenvalue weighted by atomic mass is 16.5. The maximum absolute atomic E-state index is 12.7. The minimum atomic E-state index is -0.983. The molecule has 2 unspecified atom stereocenters. The van der Waals surface area contributed by atoms with Gasteiger partial charge in [0, 0.05) is 24.2 Å². The number of amides is 1. The Labute approximate surface area is 157 Å². The molecule has 2 atom stereocenters. The van der Waals surface area contributed by atoms with E-state index in [1.165, 1.54) is 6.20 Å². The lowest BCUT2D eigenvalue weighted by atomic mass is 9.98. The fourth-order valence-electron chi connectivity index (χ4n) is 3.02. The van der Waals surface area contributed by atoms with Gasteiger partial charge in [-0.05, 0) is 24.1 Å². The van der Waals surface area contributed by atoms with Crippen molar-refractivity contribution >= 4 is 11.9 Å². The summed E-state index contributed by atoms with van der Waals surface area (Å²) < 4.78 is 11.0. The van der Waals surface area contributed by atoms with Crippen LogP contribution in [-0.4, -0.2) is 41.3 Å². The van der Waals surface area contributed by atoms with Gasteiger partial charge in [0.2, 0.25) is 5.88 Å². The van der Waals surface area contributed by atoms with Crippen LogP contribution >= 0.6 is 0 Å².